The maximum absolute atomic E-state index is 13.6. The quantitative estimate of drug-likeness (QED) is 0.236. The predicted molar refractivity (Wildman–Crippen MR) is 141 cm³/mol. The van der Waals surface area contributed by atoms with Crippen LogP contribution in [-0.4, -0.2) is 37.6 Å². The van der Waals surface area contributed by atoms with Gasteiger partial charge in [0.05, 0.1) is 22.7 Å². The van der Waals surface area contributed by atoms with Crippen molar-refractivity contribution in [2.45, 2.75) is 11.8 Å². The van der Waals surface area contributed by atoms with E-state index in [4.69, 9.17) is 16.3 Å². The lowest BCUT2D eigenvalue weighted by Gasteiger charge is -2.25. The first-order chi connectivity index (χ1) is 17.2. The Hall–Kier alpha value is -3.41. The van der Waals surface area contributed by atoms with Crippen LogP contribution in [-0.2, 0) is 14.8 Å². The average molecular weight is 592 g/mol. The van der Waals surface area contributed by atoms with Crippen molar-refractivity contribution < 1.29 is 23.1 Å². The number of nitrogens with zero attached hydrogens (tertiary/aromatic N) is 3. The lowest BCUT2D eigenvalue weighted by atomic mass is 10.2. The molecule has 0 aliphatic rings. The minimum absolute atomic E-state index is 0.0569. The summed E-state index contributed by atoms with van der Waals surface area (Å²) in [4.78, 5) is 15.6. The Labute approximate surface area is 220 Å². The standard InChI is InChI=1S/C24H20BrClN4O5S/c1-2-35-21-6-4-3-5-20(21)30(36(33,34)17-10-8-16(26)9-11-17)14-22(31)28-29-23-18-13-15(25)7-12-19(18)27-24(23)32/h3-13,27,32H,2,14H2,1H3. The fourth-order valence-electron chi connectivity index (χ4n) is 3.47. The number of aromatic hydroxyl groups is 1. The molecule has 0 aliphatic carbocycles. The summed E-state index contributed by atoms with van der Waals surface area (Å²) < 4.78 is 34.4. The number of para-hydroxylation sites is 2. The maximum atomic E-state index is 13.6. The van der Waals surface area contributed by atoms with Crippen LogP contribution in [0.4, 0.5) is 11.4 Å². The molecule has 1 aromatic heterocycles. The zero-order valence-corrected chi connectivity index (χ0v) is 22.0. The lowest BCUT2D eigenvalue weighted by Crippen LogP contribution is -2.35. The second kappa shape index (κ2) is 10.7. The number of carbonyl (C=O) groups excluding carboxylic acids is 1. The van der Waals surface area contributed by atoms with Gasteiger partial charge in [-0.15, -0.1) is 10.2 Å². The highest BCUT2D eigenvalue weighted by Crippen LogP contribution is 2.37. The van der Waals surface area contributed by atoms with Crippen LogP contribution in [0.15, 0.2) is 86.3 Å². The molecule has 1 amide bonds. The molecule has 9 nitrogen and oxygen atoms in total. The largest absolute Gasteiger partial charge is 0.493 e. The summed E-state index contributed by atoms with van der Waals surface area (Å²) in [6.45, 7) is 1.39. The van der Waals surface area contributed by atoms with E-state index in [0.29, 0.717) is 15.9 Å². The summed E-state index contributed by atoms with van der Waals surface area (Å²) in [5.74, 6) is -0.851. The van der Waals surface area contributed by atoms with E-state index >= 15 is 0 Å². The van der Waals surface area contributed by atoms with E-state index < -0.39 is 22.5 Å². The van der Waals surface area contributed by atoms with Gasteiger partial charge in [-0.1, -0.05) is 39.7 Å². The number of rotatable bonds is 8. The summed E-state index contributed by atoms with van der Waals surface area (Å²) in [6.07, 6.45) is 0. The van der Waals surface area contributed by atoms with Gasteiger partial charge in [-0.25, -0.2) is 8.42 Å². The van der Waals surface area contributed by atoms with Gasteiger partial charge in [0.1, 0.15) is 12.3 Å². The molecule has 0 fully saturated rings. The molecule has 4 rings (SSSR count). The van der Waals surface area contributed by atoms with E-state index in [2.05, 4.69) is 31.1 Å². The van der Waals surface area contributed by atoms with Crippen molar-refractivity contribution in [2.75, 3.05) is 17.5 Å². The Morgan fingerprint density at radius 3 is 2.58 bits per heavy atom. The maximum Gasteiger partial charge on any atom is 0.285 e. The van der Waals surface area contributed by atoms with Gasteiger partial charge >= 0.3 is 0 Å². The van der Waals surface area contributed by atoms with E-state index in [-0.39, 0.29) is 34.5 Å². The number of aromatic nitrogens is 1. The van der Waals surface area contributed by atoms with Gasteiger partial charge in [-0.3, -0.25) is 9.10 Å². The van der Waals surface area contributed by atoms with Crippen LogP contribution in [0.25, 0.3) is 10.9 Å². The van der Waals surface area contributed by atoms with Crippen molar-refractivity contribution in [1.82, 2.24) is 4.98 Å². The third-order valence-electron chi connectivity index (χ3n) is 5.09. The minimum atomic E-state index is -4.22. The van der Waals surface area contributed by atoms with E-state index in [1.807, 2.05) is 0 Å². The van der Waals surface area contributed by atoms with Gasteiger partial charge in [0.25, 0.3) is 15.9 Å². The number of fused-ring (bicyclic) bond motifs is 1. The third kappa shape index (κ3) is 5.38. The number of hydrogen-bond acceptors (Lipinski definition) is 6. The summed E-state index contributed by atoms with van der Waals surface area (Å²) in [5, 5.41) is 18.7. The van der Waals surface area contributed by atoms with Crippen LogP contribution < -0.4 is 9.04 Å². The monoisotopic (exact) mass is 590 g/mol. The molecule has 2 N–H and O–H groups in total. The first-order valence-electron chi connectivity index (χ1n) is 10.7. The topological polar surface area (TPSA) is 124 Å². The normalized spacial score (nSPS) is 11.8. The Kier molecular flexibility index (Phi) is 7.62. The Bertz CT molecular complexity index is 1550. The van der Waals surface area contributed by atoms with Crippen molar-refractivity contribution in [3.05, 3.63) is 76.2 Å². The number of nitrogens with one attached hydrogen (secondary N) is 1. The van der Waals surface area contributed by atoms with E-state index in [0.717, 1.165) is 8.78 Å². The lowest BCUT2D eigenvalue weighted by molar-refractivity contribution is -0.116. The molecule has 186 valence electrons. The molecular formula is C24H20BrClN4O5S. The number of carbonyl (C=O) groups is 1. The molecular weight excluding hydrogens is 572 g/mol. The van der Waals surface area contributed by atoms with E-state index in [1.165, 1.54) is 30.3 Å². The van der Waals surface area contributed by atoms with Gasteiger partial charge in [0.2, 0.25) is 5.88 Å². The molecule has 3 aromatic carbocycles. The number of aromatic amines is 1. The fourth-order valence-corrected chi connectivity index (χ4v) is 5.38. The highest BCUT2D eigenvalue weighted by Gasteiger charge is 2.29. The number of hydrogen-bond donors (Lipinski definition) is 2. The number of anilines is 1. The average Bonchev–Trinajstić information content (AvgIpc) is 3.16. The molecule has 4 aromatic rings. The second-order valence-electron chi connectivity index (χ2n) is 7.47. The smallest absolute Gasteiger partial charge is 0.285 e. The van der Waals surface area contributed by atoms with E-state index in [1.54, 1.807) is 43.3 Å². The van der Waals surface area contributed by atoms with Crippen molar-refractivity contribution in [3.63, 3.8) is 0 Å². The number of ether oxygens (including phenoxy) is 1. The fraction of sp³-hybridized carbons (Fsp3) is 0.125. The second-order valence-corrected chi connectivity index (χ2v) is 10.7. The highest BCUT2D eigenvalue weighted by atomic mass is 79.9. The minimum Gasteiger partial charge on any atom is -0.493 e. The van der Waals surface area contributed by atoms with Crippen molar-refractivity contribution in [3.8, 4) is 11.6 Å². The SMILES string of the molecule is CCOc1ccccc1N(CC(=O)N=Nc1c(O)[nH]c2ccc(Br)cc12)S(=O)(=O)c1ccc(Cl)cc1. The van der Waals surface area contributed by atoms with Gasteiger partial charge in [-0.05, 0) is 61.5 Å². The van der Waals surface area contributed by atoms with Crippen molar-refractivity contribution >= 4 is 65.7 Å². The van der Waals surface area contributed by atoms with Crippen molar-refractivity contribution in [2.24, 2.45) is 10.2 Å². The molecule has 0 saturated heterocycles. The van der Waals surface area contributed by atoms with Crippen LogP contribution in [0, 0.1) is 0 Å². The van der Waals surface area contributed by atoms with Crippen LogP contribution in [0.2, 0.25) is 5.02 Å². The first kappa shape index (κ1) is 25.7. The Morgan fingerprint density at radius 1 is 1.14 bits per heavy atom. The number of amides is 1. The van der Waals surface area contributed by atoms with Crippen LogP contribution >= 0.6 is 27.5 Å². The number of benzene rings is 3. The van der Waals surface area contributed by atoms with Crippen LogP contribution in [0.3, 0.4) is 0 Å². The van der Waals surface area contributed by atoms with Crippen LogP contribution in [0.5, 0.6) is 11.6 Å². The summed E-state index contributed by atoms with van der Waals surface area (Å²) >= 11 is 9.28. The summed E-state index contributed by atoms with van der Waals surface area (Å²) in [5.41, 5.74) is 0.813. The summed E-state index contributed by atoms with van der Waals surface area (Å²) in [6, 6.07) is 17.3. The number of azo groups is 1. The van der Waals surface area contributed by atoms with Gasteiger partial charge in [-0.2, -0.15) is 0 Å². The molecule has 0 spiro atoms. The number of halogens is 2. The summed E-state index contributed by atoms with van der Waals surface area (Å²) in [7, 11) is -4.22. The van der Waals surface area contributed by atoms with Gasteiger partial charge in [0.15, 0.2) is 5.69 Å². The zero-order chi connectivity index (χ0) is 25.9. The molecule has 12 heteroatoms. The van der Waals surface area contributed by atoms with Gasteiger partial charge < -0.3 is 14.8 Å². The zero-order valence-electron chi connectivity index (χ0n) is 18.9. The molecule has 1 heterocycles. The van der Waals surface area contributed by atoms with E-state index in [9.17, 15) is 18.3 Å². The third-order valence-corrected chi connectivity index (χ3v) is 7.61. The van der Waals surface area contributed by atoms with Crippen LogP contribution in [0.1, 0.15) is 6.92 Å². The molecule has 0 atom stereocenters. The number of H-pyrrole nitrogens is 1. The predicted octanol–water partition coefficient (Wildman–Crippen LogP) is 6.19. The molecule has 0 saturated carbocycles. The first-order valence-corrected chi connectivity index (χ1v) is 13.3. The van der Waals surface area contributed by atoms with Crippen molar-refractivity contribution in [1.29, 1.82) is 0 Å². The molecule has 0 bridgehead atoms. The Morgan fingerprint density at radius 2 is 1.86 bits per heavy atom. The molecule has 36 heavy (non-hydrogen) atoms. The number of sulfonamides is 1. The van der Waals surface area contributed by atoms with Gasteiger partial charge in [0, 0.05) is 14.9 Å². The Balaban J connectivity index is 1.72. The highest BCUT2D eigenvalue weighted by molar-refractivity contribution is 9.10. The molecule has 0 radical (unpaired) electrons. The molecule has 0 aliphatic heterocycles. The molecule has 0 unspecified atom stereocenters.